The van der Waals surface area contributed by atoms with Gasteiger partial charge < -0.3 is 10.2 Å². The van der Waals surface area contributed by atoms with E-state index in [1.54, 1.807) is 6.26 Å². The van der Waals surface area contributed by atoms with Crippen molar-refractivity contribution in [3.05, 3.63) is 36.1 Å². The van der Waals surface area contributed by atoms with Crippen LogP contribution in [0.15, 0.2) is 34.9 Å². The molecule has 0 radical (unpaired) electrons. The van der Waals surface area contributed by atoms with E-state index >= 15 is 0 Å². The van der Waals surface area contributed by atoms with Crippen LogP contribution in [-0.2, 0) is 6.42 Å². The zero-order valence-electron chi connectivity index (χ0n) is 8.36. The minimum Gasteiger partial charge on any atom is -0.464 e. The van der Waals surface area contributed by atoms with Crippen molar-refractivity contribution in [2.75, 3.05) is 0 Å². The molecule has 2 rings (SSSR count). The monoisotopic (exact) mass is 189 g/mol. The van der Waals surface area contributed by atoms with Crippen LogP contribution in [0, 0.1) is 0 Å². The molecule has 0 saturated carbocycles. The van der Waals surface area contributed by atoms with Crippen LogP contribution < -0.4 is 5.73 Å². The van der Waals surface area contributed by atoms with Crippen molar-refractivity contribution in [1.29, 1.82) is 0 Å². The van der Waals surface area contributed by atoms with Gasteiger partial charge in [0, 0.05) is 11.4 Å². The molecule has 1 heterocycles. The molecule has 1 atom stereocenters. The molecule has 0 aliphatic heterocycles. The summed E-state index contributed by atoms with van der Waals surface area (Å²) in [7, 11) is 0. The minimum atomic E-state index is 0.228. The maximum Gasteiger partial charge on any atom is 0.137 e. The van der Waals surface area contributed by atoms with Crippen molar-refractivity contribution < 1.29 is 4.42 Å². The molecule has 0 saturated heterocycles. The maximum atomic E-state index is 5.92. The summed E-state index contributed by atoms with van der Waals surface area (Å²) in [4.78, 5) is 0. The zero-order valence-corrected chi connectivity index (χ0v) is 8.36. The molecule has 0 spiro atoms. The van der Waals surface area contributed by atoms with Gasteiger partial charge in [-0.05, 0) is 24.5 Å². The van der Waals surface area contributed by atoms with Gasteiger partial charge in [-0.2, -0.15) is 0 Å². The number of para-hydroxylation sites is 1. The lowest BCUT2D eigenvalue weighted by atomic mass is 10.0. The predicted molar refractivity (Wildman–Crippen MR) is 58.2 cm³/mol. The van der Waals surface area contributed by atoms with Crippen molar-refractivity contribution in [2.45, 2.75) is 25.8 Å². The summed E-state index contributed by atoms with van der Waals surface area (Å²) in [6, 6.07) is 8.40. The molecule has 2 nitrogen and oxygen atoms in total. The Morgan fingerprint density at radius 1 is 1.36 bits per heavy atom. The van der Waals surface area contributed by atoms with Crippen molar-refractivity contribution in [3.63, 3.8) is 0 Å². The van der Waals surface area contributed by atoms with E-state index in [-0.39, 0.29) is 6.04 Å². The third-order valence-electron chi connectivity index (χ3n) is 2.57. The van der Waals surface area contributed by atoms with E-state index in [4.69, 9.17) is 10.2 Å². The summed E-state index contributed by atoms with van der Waals surface area (Å²) < 4.78 is 5.44. The lowest BCUT2D eigenvalue weighted by molar-refractivity contribution is 0.597. The second-order valence-electron chi connectivity index (χ2n) is 3.63. The van der Waals surface area contributed by atoms with E-state index in [0.29, 0.717) is 0 Å². The summed E-state index contributed by atoms with van der Waals surface area (Å²) in [6.07, 6.45) is 3.62. The Kier molecular flexibility index (Phi) is 2.55. The molecule has 2 aromatic rings. The van der Waals surface area contributed by atoms with E-state index < -0.39 is 0 Å². The number of fused-ring (bicyclic) bond motifs is 1. The normalized spacial score (nSPS) is 13.3. The fourth-order valence-corrected chi connectivity index (χ4v) is 1.64. The van der Waals surface area contributed by atoms with Crippen LogP contribution >= 0.6 is 0 Å². The first-order valence-electron chi connectivity index (χ1n) is 5.02. The Morgan fingerprint density at radius 3 is 3.00 bits per heavy atom. The quantitative estimate of drug-likeness (QED) is 0.806. The molecule has 0 bridgehead atoms. The van der Waals surface area contributed by atoms with Gasteiger partial charge in [0.15, 0.2) is 0 Å². The summed E-state index contributed by atoms with van der Waals surface area (Å²) in [6.45, 7) is 2.10. The van der Waals surface area contributed by atoms with Crippen LogP contribution in [0.5, 0.6) is 0 Å². The molecule has 2 N–H and O–H groups in total. The van der Waals surface area contributed by atoms with Crippen LogP contribution in [0.3, 0.4) is 0 Å². The van der Waals surface area contributed by atoms with Gasteiger partial charge in [0.1, 0.15) is 5.58 Å². The highest BCUT2D eigenvalue weighted by molar-refractivity contribution is 5.80. The number of hydrogen-bond donors (Lipinski definition) is 1. The molecule has 74 valence electrons. The van der Waals surface area contributed by atoms with Crippen LogP contribution in [0.25, 0.3) is 11.0 Å². The molecule has 1 unspecified atom stereocenters. The smallest absolute Gasteiger partial charge is 0.137 e. The Bertz CT molecular complexity index is 419. The highest BCUT2D eigenvalue weighted by atomic mass is 16.3. The molecule has 14 heavy (non-hydrogen) atoms. The molecule has 0 amide bonds. The van der Waals surface area contributed by atoms with Crippen LogP contribution in [0.1, 0.15) is 18.9 Å². The molecule has 0 aliphatic carbocycles. The summed E-state index contributed by atoms with van der Waals surface area (Å²) >= 11 is 0. The lowest BCUT2D eigenvalue weighted by Gasteiger charge is -2.08. The average Bonchev–Trinajstić information content (AvgIpc) is 2.66. The van der Waals surface area contributed by atoms with Crippen molar-refractivity contribution >= 4 is 11.0 Å². The van der Waals surface area contributed by atoms with Gasteiger partial charge in [0.2, 0.25) is 0 Å². The largest absolute Gasteiger partial charge is 0.464 e. The van der Waals surface area contributed by atoms with Crippen molar-refractivity contribution in [2.24, 2.45) is 5.73 Å². The standard InChI is InChI=1S/C12H15NO/c1-2-11(13)8-10-5-3-4-9-6-7-14-12(9)10/h3-7,11H,2,8,13H2,1H3. The third kappa shape index (κ3) is 1.66. The Balaban J connectivity index is 2.36. The molecule has 1 aromatic heterocycles. The second-order valence-corrected chi connectivity index (χ2v) is 3.63. The molecule has 2 heteroatoms. The second kappa shape index (κ2) is 3.84. The fourth-order valence-electron chi connectivity index (χ4n) is 1.64. The van der Waals surface area contributed by atoms with Gasteiger partial charge in [-0.15, -0.1) is 0 Å². The first-order chi connectivity index (χ1) is 6.81. The van der Waals surface area contributed by atoms with E-state index in [2.05, 4.69) is 25.1 Å². The lowest BCUT2D eigenvalue weighted by Crippen LogP contribution is -2.21. The SMILES string of the molecule is CCC(N)Cc1cccc2ccoc12. The topological polar surface area (TPSA) is 39.2 Å². The van der Waals surface area contributed by atoms with Gasteiger partial charge in [0.05, 0.1) is 6.26 Å². The number of benzene rings is 1. The van der Waals surface area contributed by atoms with Gasteiger partial charge >= 0.3 is 0 Å². The Morgan fingerprint density at radius 2 is 2.21 bits per heavy atom. The molecule has 1 aromatic carbocycles. The zero-order chi connectivity index (χ0) is 9.97. The molecular formula is C12H15NO. The minimum absolute atomic E-state index is 0.228. The number of nitrogens with two attached hydrogens (primary N) is 1. The van der Waals surface area contributed by atoms with Gasteiger partial charge in [-0.3, -0.25) is 0 Å². The fraction of sp³-hybridized carbons (Fsp3) is 0.333. The highest BCUT2D eigenvalue weighted by Gasteiger charge is 2.07. The number of furan rings is 1. The van der Waals surface area contributed by atoms with Crippen LogP contribution in [-0.4, -0.2) is 6.04 Å². The Labute approximate surface area is 83.7 Å². The third-order valence-corrected chi connectivity index (χ3v) is 2.57. The first-order valence-corrected chi connectivity index (χ1v) is 5.02. The number of rotatable bonds is 3. The van der Waals surface area contributed by atoms with Gasteiger partial charge in [-0.1, -0.05) is 25.1 Å². The summed E-state index contributed by atoms with van der Waals surface area (Å²) in [5.74, 6) is 0. The van der Waals surface area contributed by atoms with Crippen molar-refractivity contribution in [1.82, 2.24) is 0 Å². The maximum absolute atomic E-state index is 5.92. The van der Waals surface area contributed by atoms with E-state index in [1.165, 1.54) is 5.56 Å². The van der Waals surface area contributed by atoms with E-state index in [1.807, 2.05) is 6.07 Å². The molecule has 0 aliphatic rings. The molecular weight excluding hydrogens is 174 g/mol. The summed E-state index contributed by atoms with van der Waals surface area (Å²) in [5, 5.41) is 1.16. The van der Waals surface area contributed by atoms with Crippen molar-refractivity contribution in [3.8, 4) is 0 Å². The van der Waals surface area contributed by atoms with Gasteiger partial charge in [0.25, 0.3) is 0 Å². The van der Waals surface area contributed by atoms with Crippen LogP contribution in [0.2, 0.25) is 0 Å². The molecule has 0 fully saturated rings. The van der Waals surface area contributed by atoms with Crippen LogP contribution in [0.4, 0.5) is 0 Å². The number of hydrogen-bond acceptors (Lipinski definition) is 2. The highest BCUT2D eigenvalue weighted by Crippen LogP contribution is 2.20. The Hall–Kier alpha value is -1.28. The average molecular weight is 189 g/mol. The summed E-state index contributed by atoms with van der Waals surface area (Å²) in [5.41, 5.74) is 8.12. The van der Waals surface area contributed by atoms with E-state index in [9.17, 15) is 0 Å². The van der Waals surface area contributed by atoms with Gasteiger partial charge in [-0.25, -0.2) is 0 Å². The first kappa shape index (κ1) is 9.28. The predicted octanol–water partition coefficient (Wildman–Crippen LogP) is 2.71. The van der Waals surface area contributed by atoms with E-state index in [0.717, 1.165) is 23.8 Å².